The first-order valence-electron chi connectivity index (χ1n) is 7.44. The van der Waals surface area contributed by atoms with Gasteiger partial charge < -0.3 is 15.0 Å². The van der Waals surface area contributed by atoms with Gasteiger partial charge in [-0.3, -0.25) is 0 Å². The lowest BCUT2D eigenvalue weighted by Gasteiger charge is -2.33. The van der Waals surface area contributed by atoms with Crippen molar-refractivity contribution in [3.8, 4) is 0 Å². The summed E-state index contributed by atoms with van der Waals surface area (Å²) in [5.74, 6) is 0.321. The number of para-hydroxylation sites is 1. The molecule has 0 radical (unpaired) electrons. The number of likely N-dealkylation sites (N-methyl/N-ethyl adjacent to an activating group) is 1. The molecule has 1 atom stereocenters. The van der Waals surface area contributed by atoms with Gasteiger partial charge in [-0.05, 0) is 43.1 Å². The molecule has 1 aromatic carbocycles. The summed E-state index contributed by atoms with van der Waals surface area (Å²) in [6.45, 7) is 6.40. The van der Waals surface area contributed by atoms with Crippen LogP contribution in [0.2, 0.25) is 0 Å². The fourth-order valence-corrected chi connectivity index (χ4v) is 3.19. The molecular weight excluding hydrogens is 260 g/mol. The Hall–Kier alpha value is -1.84. The highest BCUT2D eigenvalue weighted by Gasteiger charge is 2.25. The van der Waals surface area contributed by atoms with E-state index in [2.05, 4.69) is 47.8 Å². The maximum absolute atomic E-state index is 9.26. The van der Waals surface area contributed by atoms with Gasteiger partial charge in [-0.2, -0.15) is 0 Å². The van der Waals surface area contributed by atoms with Crippen LogP contribution in [-0.4, -0.2) is 41.7 Å². The lowest BCUT2D eigenvalue weighted by atomic mass is 9.84. The van der Waals surface area contributed by atoms with Crippen molar-refractivity contribution in [2.75, 3.05) is 26.7 Å². The van der Waals surface area contributed by atoms with Gasteiger partial charge in [0, 0.05) is 23.7 Å². The highest BCUT2D eigenvalue weighted by molar-refractivity contribution is 5.85. The minimum absolute atomic E-state index is 0.0969. The Morgan fingerprint density at radius 2 is 2.29 bits per heavy atom. The van der Waals surface area contributed by atoms with Crippen LogP contribution in [0, 0.1) is 5.92 Å². The topological polar surface area (TPSA) is 39.3 Å². The second kappa shape index (κ2) is 5.88. The summed E-state index contributed by atoms with van der Waals surface area (Å²) in [4.78, 5) is 5.75. The number of nitrogens with zero attached hydrogens (tertiary/aromatic N) is 1. The van der Waals surface area contributed by atoms with Crippen molar-refractivity contribution in [1.29, 1.82) is 0 Å². The fraction of sp³-hybridized carbons (Fsp3) is 0.333. The first-order valence-corrected chi connectivity index (χ1v) is 7.44. The molecule has 21 heavy (non-hydrogen) atoms. The van der Waals surface area contributed by atoms with Crippen LogP contribution in [0.25, 0.3) is 16.5 Å². The van der Waals surface area contributed by atoms with Gasteiger partial charge in [0.25, 0.3) is 0 Å². The SMILES string of the molecule is C=C(c1cc2ccccc2[nH]1)[C@H]1CCN(C)CC1=CCO. The second-order valence-electron chi connectivity index (χ2n) is 5.84. The maximum Gasteiger partial charge on any atom is 0.0615 e. The molecule has 1 fully saturated rings. The van der Waals surface area contributed by atoms with Crippen LogP contribution in [0.1, 0.15) is 12.1 Å². The predicted octanol–water partition coefficient (Wildman–Crippen LogP) is 3.05. The molecule has 2 N–H and O–H groups in total. The molecule has 3 rings (SSSR count). The minimum atomic E-state index is 0.0969. The first-order chi connectivity index (χ1) is 10.2. The van der Waals surface area contributed by atoms with E-state index in [4.69, 9.17) is 0 Å². The number of hydrogen-bond donors (Lipinski definition) is 2. The van der Waals surface area contributed by atoms with Crippen molar-refractivity contribution >= 4 is 16.5 Å². The van der Waals surface area contributed by atoms with Crippen LogP contribution < -0.4 is 0 Å². The molecule has 0 saturated carbocycles. The van der Waals surface area contributed by atoms with Gasteiger partial charge in [-0.25, -0.2) is 0 Å². The zero-order chi connectivity index (χ0) is 14.8. The number of nitrogens with one attached hydrogen (secondary N) is 1. The number of aliphatic hydroxyl groups is 1. The lowest BCUT2D eigenvalue weighted by molar-refractivity contribution is 0.293. The van der Waals surface area contributed by atoms with E-state index in [9.17, 15) is 5.11 Å². The average molecular weight is 282 g/mol. The molecule has 1 aliphatic heterocycles. The molecule has 110 valence electrons. The van der Waals surface area contributed by atoms with E-state index in [-0.39, 0.29) is 6.61 Å². The number of allylic oxidation sites excluding steroid dienone is 1. The average Bonchev–Trinajstić information content (AvgIpc) is 2.91. The number of benzene rings is 1. The zero-order valence-corrected chi connectivity index (χ0v) is 12.5. The third kappa shape index (κ3) is 2.80. The molecule has 1 aromatic heterocycles. The first kappa shape index (κ1) is 14.1. The third-order valence-corrected chi connectivity index (χ3v) is 4.35. The van der Waals surface area contributed by atoms with Crippen molar-refractivity contribution in [1.82, 2.24) is 9.88 Å². The fourth-order valence-electron chi connectivity index (χ4n) is 3.19. The van der Waals surface area contributed by atoms with Crippen molar-refractivity contribution in [2.24, 2.45) is 5.92 Å². The molecule has 0 unspecified atom stereocenters. The molecule has 3 heteroatoms. The number of rotatable bonds is 3. The number of piperidine rings is 1. The third-order valence-electron chi connectivity index (χ3n) is 4.35. The summed E-state index contributed by atoms with van der Waals surface area (Å²) in [6.07, 6.45) is 2.99. The number of aliphatic hydroxyl groups excluding tert-OH is 1. The predicted molar refractivity (Wildman–Crippen MR) is 88.1 cm³/mol. The monoisotopic (exact) mass is 282 g/mol. The minimum Gasteiger partial charge on any atom is -0.392 e. The molecule has 0 amide bonds. The van der Waals surface area contributed by atoms with Gasteiger partial charge in [-0.15, -0.1) is 0 Å². The largest absolute Gasteiger partial charge is 0.392 e. The van der Waals surface area contributed by atoms with Crippen molar-refractivity contribution < 1.29 is 5.11 Å². The standard InChI is InChI=1S/C18H22N2O/c1-13(16-7-9-20(2)12-15(16)8-10-21)18-11-14-5-3-4-6-17(14)19-18/h3-6,8,11,16,19,21H,1,7,9-10,12H2,2H3/t16-/m1/s1. The maximum atomic E-state index is 9.26. The van der Waals surface area contributed by atoms with E-state index in [1.165, 1.54) is 11.0 Å². The number of hydrogen-bond acceptors (Lipinski definition) is 2. The quantitative estimate of drug-likeness (QED) is 0.849. The highest BCUT2D eigenvalue weighted by Crippen LogP contribution is 2.34. The summed E-state index contributed by atoms with van der Waals surface area (Å²) in [5, 5.41) is 10.5. The van der Waals surface area contributed by atoms with Gasteiger partial charge in [0.15, 0.2) is 0 Å². The Balaban J connectivity index is 1.91. The normalized spacial score (nSPS) is 22.0. The van der Waals surface area contributed by atoms with E-state index < -0.39 is 0 Å². The highest BCUT2D eigenvalue weighted by atomic mass is 16.2. The Labute approximate surface area is 125 Å². The van der Waals surface area contributed by atoms with E-state index in [1.54, 1.807) is 0 Å². The van der Waals surface area contributed by atoms with Crippen molar-refractivity contribution in [2.45, 2.75) is 6.42 Å². The Morgan fingerprint density at radius 3 is 3.05 bits per heavy atom. The summed E-state index contributed by atoms with van der Waals surface area (Å²) >= 11 is 0. The molecule has 0 aliphatic carbocycles. The molecule has 0 spiro atoms. The van der Waals surface area contributed by atoms with Crippen molar-refractivity contribution in [3.63, 3.8) is 0 Å². The second-order valence-corrected chi connectivity index (χ2v) is 5.84. The van der Waals surface area contributed by atoms with E-state index in [0.717, 1.165) is 36.3 Å². The lowest BCUT2D eigenvalue weighted by Crippen LogP contribution is -2.33. The van der Waals surface area contributed by atoms with E-state index in [0.29, 0.717) is 5.92 Å². The summed E-state index contributed by atoms with van der Waals surface area (Å²) < 4.78 is 0. The number of likely N-dealkylation sites (tertiary alicyclic amines) is 1. The van der Waals surface area contributed by atoms with Crippen molar-refractivity contribution in [3.05, 3.63) is 54.3 Å². The van der Waals surface area contributed by atoms with Gasteiger partial charge in [0.1, 0.15) is 0 Å². The van der Waals surface area contributed by atoms with E-state index >= 15 is 0 Å². The number of fused-ring (bicyclic) bond motifs is 1. The van der Waals surface area contributed by atoms with Crippen LogP contribution in [-0.2, 0) is 0 Å². The number of aromatic amines is 1. The molecular formula is C18H22N2O. The molecule has 0 bridgehead atoms. The molecule has 1 aliphatic rings. The molecule has 2 aromatic rings. The van der Waals surface area contributed by atoms with Gasteiger partial charge in [0.05, 0.1) is 6.61 Å². The molecule has 2 heterocycles. The smallest absolute Gasteiger partial charge is 0.0615 e. The van der Waals surface area contributed by atoms with Gasteiger partial charge >= 0.3 is 0 Å². The Kier molecular flexibility index (Phi) is 3.95. The Bertz CT molecular complexity index is 650. The Morgan fingerprint density at radius 1 is 1.48 bits per heavy atom. The molecule has 3 nitrogen and oxygen atoms in total. The zero-order valence-electron chi connectivity index (χ0n) is 12.5. The van der Waals surface area contributed by atoms with Crippen LogP contribution in [0.15, 0.2) is 48.6 Å². The number of H-pyrrole nitrogens is 1. The van der Waals surface area contributed by atoms with Gasteiger partial charge in [-0.1, -0.05) is 36.4 Å². The van der Waals surface area contributed by atoms with Crippen LogP contribution in [0.4, 0.5) is 0 Å². The summed E-state index contributed by atoms with van der Waals surface area (Å²) in [7, 11) is 2.12. The molecule has 1 saturated heterocycles. The van der Waals surface area contributed by atoms with Gasteiger partial charge in [0.2, 0.25) is 0 Å². The van der Waals surface area contributed by atoms with Crippen LogP contribution in [0.3, 0.4) is 0 Å². The van der Waals surface area contributed by atoms with Crippen LogP contribution in [0.5, 0.6) is 0 Å². The van der Waals surface area contributed by atoms with Crippen LogP contribution >= 0.6 is 0 Å². The van der Waals surface area contributed by atoms with E-state index in [1.807, 2.05) is 12.1 Å². The summed E-state index contributed by atoms with van der Waals surface area (Å²) in [5.41, 5.74) is 4.65. The summed E-state index contributed by atoms with van der Waals surface area (Å²) in [6, 6.07) is 10.5. The number of aromatic nitrogens is 1.